The summed E-state index contributed by atoms with van der Waals surface area (Å²) in [5.74, 6) is 0.395. The predicted molar refractivity (Wildman–Crippen MR) is 97.3 cm³/mol. The molecule has 1 aliphatic heterocycles. The summed E-state index contributed by atoms with van der Waals surface area (Å²) < 4.78 is 1.79. The number of fused-ring (bicyclic) bond motifs is 1. The number of amides is 1. The number of benzene rings is 1. The summed E-state index contributed by atoms with van der Waals surface area (Å²) in [6, 6.07) is 6.35. The van der Waals surface area contributed by atoms with Crippen LogP contribution in [0.4, 0.5) is 0 Å². The summed E-state index contributed by atoms with van der Waals surface area (Å²) in [6.07, 6.45) is 2.90. The van der Waals surface area contributed by atoms with Gasteiger partial charge in [-0.2, -0.15) is 5.10 Å². The standard InChI is InChI=1S/C18H23N7O/c1-12(26)19-8-15-9-20-22-18(15)14-5-6-25(11-14)10-13-3-4-17-16(7-13)21-23-24(17)2/h3-4,7,9,14H,5-6,8,10-11H2,1-2H3,(H,19,26)(H,20,22). The van der Waals surface area contributed by atoms with Crippen molar-refractivity contribution in [3.05, 3.63) is 41.2 Å². The van der Waals surface area contributed by atoms with Gasteiger partial charge in [-0.25, -0.2) is 4.68 Å². The molecule has 1 saturated heterocycles. The maximum Gasteiger partial charge on any atom is 0.217 e. The van der Waals surface area contributed by atoms with E-state index in [1.807, 2.05) is 13.2 Å². The van der Waals surface area contributed by atoms with Gasteiger partial charge >= 0.3 is 0 Å². The van der Waals surface area contributed by atoms with Crippen LogP contribution in [0.25, 0.3) is 11.0 Å². The van der Waals surface area contributed by atoms with E-state index in [1.165, 1.54) is 12.5 Å². The third-order valence-corrected chi connectivity index (χ3v) is 5.04. The number of H-pyrrole nitrogens is 1. The van der Waals surface area contributed by atoms with Crippen LogP contribution in [0.15, 0.2) is 24.4 Å². The number of hydrogen-bond acceptors (Lipinski definition) is 5. The summed E-state index contributed by atoms with van der Waals surface area (Å²) in [6.45, 7) is 4.99. The number of carbonyl (C=O) groups excluding carboxylic acids is 1. The molecule has 1 unspecified atom stereocenters. The number of aromatic amines is 1. The minimum Gasteiger partial charge on any atom is -0.352 e. The lowest BCUT2D eigenvalue weighted by atomic mass is 10.0. The monoisotopic (exact) mass is 353 g/mol. The highest BCUT2D eigenvalue weighted by Gasteiger charge is 2.27. The second-order valence-electron chi connectivity index (χ2n) is 6.98. The maximum atomic E-state index is 11.2. The first-order valence-corrected chi connectivity index (χ1v) is 8.87. The van der Waals surface area contributed by atoms with Crippen LogP contribution in [0.5, 0.6) is 0 Å². The molecule has 1 atom stereocenters. The summed E-state index contributed by atoms with van der Waals surface area (Å²) in [5, 5.41) is 18.4. The van der Waals surface area contributed by atoms with Crippen molar-refractivity contribution in [3.8, 4) is 0 Å². The molecule has 3 heterocycles. The predicted octanol–water partition coefficient (Wildman–Crippen LogP) is 1.32. The van der Waals surface area contributed by atoms with Crippen molar-refractivity contribution in [3.63, 3.8) is 0 Å². The van der Waals surface area contributed by atoms with Gasteiger partial charge in [0.1, 0.15) is 5.52 Å². The van der Waals surface area contributed by atoms with Crippen molar-refractivity contribution >= 4 is 16.9 Å². The molecule has 136 valence electrons. The Morgan fingerprint density at radius 2 is 2.31 bits per heavy atom. The Labute approximate surface area is 151 Å². The van der Waals surface area contributed by atoms with Gasteiger partial charge in [-0.15, -0.1) is 5.10 Å². The van der Waals surface area contributed by atoms with Crippen molar-refractivity contribution in [2.75, 3.05) is 13.1 Å². The molecule has 0 saturated carbocycles. The Morgan fingerprint density at radius 1 is 1.42 bits per heavy atom. The zero-order chi connectivity index (χ0) is 18.1. The molecule has 0 aliphatic carbocycles. The molecule has 2 N–H and O–H groups in total. The molecule has 1 aliphatic rings. The molecule has 1 fully saturated rings. The van der Waals surface area contributed by atoms with E-state index in [4.69, 9.17) is 0 Å². The third-order valence-electron chi connectivity index (χ3n) is 5.04. The number of aryl methyl sites for hydroxylation is 1. The highest BCUT2D eigenvalue weighted by Crippen LogP contribution is 2.29. The molecule has 4 rings (SSSR count). The topological polar surface area (TPSA) is 91.7 Å². The first-order chi connectivity index (χ1) is 12.6. The van der Waals surface area contributed by atoms with Crippen molar-refractivity contribution in [1.29, 1.82) is 0 Å². The van der Waals surface area contributed by atoms with Gasteiger partial charge in [-0.1, -0.05) is 11.3 Å². The first-order valence-electron chi connectivity index (χ1n) is 8.87. The number of carbonyl (C=O) groups is 1. The van der Waals surface area contributed by atoms with Crippen LogP contribution in [0, 0.1) is 0 Å². The van der Waals surface area contributed by atoms with Gasteiger partial charge in [0.15, 0.2) is 0 Å². The van der Waals surface area contributed by atoms with Gasteiger partial charge in [0.05, 0.1) is 11.7 Å². The van der Waals surface area contributed by atoms with Crippen molar-refractivity contribution < 1.29 is 4.79 Å². The molecule has 3 aromatic rings. The summed E-state index contributed by atoms with van der Waals surface area (Å²) in [7, 11) is 1.91. The smallest absolute Gasteiger partial charge is 0.217 e. The van der Waals surface area contributed by atoms with E-state index < -0.39 is 0 Å². The summed E-state index contributed by atoms with van der Waals surface area (Å²) in [4.78, 5) is 13.6. The fourth-order valence-electron chi connectivity index (χ4n) is 3.69. The van der Waals surface area contributed by atoms with E-state index in [9.17, 15) is 4.79 Å². The molecule has 26 heavy (non-hydrogen) atoms. The van der Waals surface area contributed by atoms with Crippen molar-refractivity contribution in [1.82, 2.24) is 35.4 Å². The number of likely N-dealkylation sites (tertiary alicyclic amines) is 1. The Kier molecular flexibility index (Phi) is 4.42. The van der Waals surface area contributed by atoms with Crippen LogP contribution >= 0.6 is 0 Å². The van der Waals surface area contributed by atoms with E-state index in [2.05, 4.69) is 48.9 Å². The second kappa shape index (κ2) is 6.87. The number of hydrogen-bond donors (Lipinski definition) is 2. The quantitative estimate of drug-likeness (QED) is 0.722. The molecule has 0 spiro atoms. The van der Waals surface area contributed by atoms with Gasteiger partial charge in [-0.3, -0.25) is 14.8 Å². The first kappa shape index (κ1) is 16.7. The van der Waals surface area contributed by atoms with E-state index in [1.54, 1.807) is 4.68 Å². The highest BCUT2D eigenvalue weighted by atomic mass is 16.1. The lowest BCUT2D eigenvalue weighted by molar-refractivity contribution is -0.119. The maximum absolute atomic E-state index is 11.2. The van der Waals surface area contributed by atoms with Crippen LogP contribution in [-0.2, 0) is 24.9 Å². The Bertz CT molecular complexity index is 929. The van der Waals surface area contributed by atoms with Gasteiger partial charge in [0, 0.05) is 50.8 Å². The second-order valence-corrected chi connectivity index (χ2v) is 6.98. The van der Waals surface area contributed by atoms with Gasteiger partial charge in [0.25, 0.3) is 0 Å². The summed E-state index contributed by atoms with van der Waals surface area (Å²) >= 11 is 0. The number of nitrogens with zero attached hydrogens (tertiary/aromatic N) is 5. The average molecular weight is 353 g/mol. The van der Waals surface area contributed by atoms with Crippen LogP contribution < -0.4 is 5.32 Å². The Morgan fingerprint density at radius 3 is 3.15 bits per heavy atom. The van der Waals surface area contributed by atoms with E-state index >= 15 is 0 Å². The summed E-state index contributed by atoms with van der Waals surface area (Å²) in [5.41, 5.74) is 5.46. The molecular weight excluding hydrogens is 330 g/mol. The van der Waals surface area contributed by atoms with Crippen LogP contribution in [-0.4, -0.2) is 49.1 Å². The lowest BCUT2D eigenvalue weighted by Gasteiger charge is -2.16. The van der Waals surface area contributed by atoms with Gasteiger partial charge in [0.2, 0.25) is 5.91 Å². The number of aromatic nitrogens is 5. The zero-order valence-electron chi connectivity index (χ0n) is 15.1. The SMILES string of the molecule is CC(=O)NCc1cn[nH]c1C1CCN(Cc2ccc3c(c2)nnn3C)C1. The van der Waals surface area contributed by atoms with Crippen molar-refractivity contribution in [2.24, 2.45) is 7.05 Å². The fraction of sp³-hybridized carbons (Fsp3) is 0.444. The lowest BCUT2D eigenvalue weighted by Crippen LogP contribution is -2.21. The normalized spacial score (nSPS) is 17.8. The van der Waals surface area contributed by atoms with Crippen LogP contribution in [0.3, 0.4) is 0 Å². The largest absolute Gasteiger partial charge is 0.352 e. The third kappa shape index (κ3) is 3.32. The molecule has 2 aromatic heterocycles. The van der Waals surface area contributed by atoms with Gasteiger partial charge < -0.3 is 5.32 Å². The highest BCUT2D eigenvalue weighted by molar-refractivity contribution is 5.74. The van der Waals surface area contributed by atoms with Crippen LogP contribution in [0.2, 0.25) is 0 Å². The Balaban J connectivity index is 1.42. The van der Waals surface area contributed by atoms with E-state index in [0.717, 1.165) is 48.3 Å². The van der Waals surface area contributed by atoms with Crippen molar-refractivity contribution in [2.45, 2.75) is 32.4 Å². The number of nitrogens with one attached hydrogen (secondary N) is 2. The molecular formula is C18H23N7O. The molecule has 1 aromatic carbocycles. The minimum absolute atomic E-state index is 0.0235. The molecule has 0 radical (unpaired) electrons. The molecule has 1 amide bonds. The molecule has 8 heteroatoms. The molecule has 0 bridgehead atoms. The van der Waals surface area contributed by atoms with E-state index in [-0.39, 0.29) is 5.91 Å². The van der Waals surface area contributed by atoms with E-state index in [0.29, 0.717) is 12.5 Å². The fourth-order valence-corrected chi connectivity index (χ4v) is 3.69. The number of rotatable bonds is 5. The van der Waals surface area contributed by atoms with Gasteiger partial charge in [-0.05, 0) is 30.7 Å². The van der Waals surface area contributed by atoms with Crippen LogP contribution in [0.1, 0.15) is 36.1 Å². The zero-order valence-corrected chi connectivity index (χ0v) is 15.1. The minimum atomic E-state index is -0.0235. The average Bonchev–Trinajstić information content (AvgIpc) is 3.33. The molecule has 8 nitrogen and oxygen atoms in total. The Hall–Kier alpha value is -2.74.